The van der Waals surface area contributed by atoms with Gasteiger partial charge < -0.3 is 13.9 Å². The van der Waals surface area contributed by atoms with Gasteiger partial charge in [-0.2, -0.15) is 0 Å². The molecule has 1 aliphatic heterocycles. The van der Waals surface area contributed by atoms with Gasteiger partial charge in [0.15, 0.2) is 0 Å². The summed E-state index contributed by atoms with van der Waals surface area (Å²) in [6, 6.07) is 8.05. The molecule has 3 aromatic rings. The van der Waals surface area contributed by atoms with Gasteiger partial charge in [-0.25, -0.2) is 4.98 Å². The summed E-state index contributed by atoms with van der Waals surface area (Å²) in [5.41, 5.74) is 2.54. The molecule has 0 N–H and O–H groups in total. The molecule has 132 valence electrons. The van der Waals surface area contributed by atoms with Gasteiger partial charge in [-0.15, -0.1) is 0 Å². The van der Waals surface area contributed by atoms with E-state index in [9.17, 15) is 4.79 Å². The standard InChI is InChI=1S/C20H20N4O2/c1-14-6-7-17-18(24(14)12-16-5-3-4-9-21-16)8-10-23(20(17)25)13-19-22-11-15(2)26-19/h3-11,14H,12-13H2,1-2H3. The third-order valence-electron chi connectivity index (χ3n) is 4.56. The number of aromatic nitrogens is 3. The molecule has 0 fully saturated rings. The second kappa shape index (κ2) is 6.63. The van der Waals surface area contributed by atoms with Gasteiger partial charge in [-0.05, 0) is 38.1 Å². The Labute approximate surface area is 151 Å². The van der Waals surface area contributed by atoms with Crippen LogP contribution in [0.2, 0.25) is 0 Å². The average Bonchev–Trinajstić information content (AvgIpc) is 3.05. The normalized spacial score (nSPS) is 15.9. The van der Waals surface area contributed by atoms with Crippen molar-refractivity contribution in [2.24, 2.45) is 0 Å². The van der Waals surface area contributed by atoms with Gasteiger partial charge in [-0.1, -0.05) is 12.1 Å². The minimum Gasteiger partial charge on any atom is -0.444 e. The lowest BCUT2D eigenvalue weighted by Gasteiger charge is -2.33. The molecule has 1 aliphatic rings. The number of hydrogen-bond donors (Lipinski definition) is 0. The van der Waals surface area contributed by atoms with Crippen LogP contribution in [0.4, 0.5) is 5.69 Å². The highest BCUT2D eigenvalue weighted by atomic mass is 16.4. The van der Waals surface area contributed by atoms with E-state index in [4.69, 9.17) is 4.42 Å². The van der Waals surface area contributed by atoms with E-state index in [1.54, 1.807) is 23.2 Å². The van der Waals surface area contributed by atoms with Gasteiger partial charge in [-0.3, -0.25) is 9.78 Å². The molecule has 1 unspecified atom stereocenters. The number of aryl methyl sites for hydroxylation is 1. The van der Waals surface area contributed by atoms with Gasteiger partial charge in [0.25, 0.3) is 5.56 Å². The first-order chi connectivity index (χ1) is 12.6. The van der Waals surface area contributed by atoms with Crippen LogP contribution in [-0.4, -0.2) is 20.6 Å². The fraction of sp³-hybridized carbons (Fsp3) is 0.250. The maximum atomic E-state index is 12.9. The van der Waals surface area contributed by atoms with Crippen molar-refractivity contribution in [3.8, 4) is 0 Å². The van der Waals surface area contributed by atoms with Crippen LogP contribution in [0.5, 0.6) is 0 Å². The Morgan fingerprint density at radius 2 is 2.08 bits per heavy atom. The Morgan fingerprint density at radius 1 is 1.19 bits per heavy atom. The first-order valence-corrected chi connectivity index (χ1v) is 8.61. The van der Waals surface area contributed by atoms with Gasteiger partial charge >= 0.3 is 0 Å². The molecule has 6 nitrogen and oxygen atoms in total. The van der Waals surface area contributed by atoms with E-state index in [1.807, 2.05) is 43.3 Å². The Kier molecular flexibility index (Phi) is 4.16. The van der Waals surface area contributed by atoms with Crippen molar-refractivity contribution < 1.29 is 4.42 Å². The molecule has 6 heteroatoms. The molecule has 26 heavy (non-hydrogen) atoms. The van der Waals surface area contributed by atoms with Crippen LogP contribution >= 0.6 is 0 Å². The van der Waals surface area contributed by atoms with Crippen LogP contribution in [0.15, 0.2) is 58.1 Å². The zero-order chi connectivity index (χ0) is 18.1. The van der Waals surface area contributed by atoms with E-state index in [2.05, 4.69) is 21.8 Å². The maximum Gasteiger partial charge on any atom is 0.260 e. The van der Waals surface area contributed by atoms with Crippen LogP contribution in [0.25, 0.3) is 6.08 Å². The highest BCUT2D eigenvalue weighted by Crippen LogP contribution is 2.28. The molecule has 0 radical (unpaired) electrons. The van der Waals surface area contributed by atoms with Crippen molar-refractivity contribution in [1.29, 1.82) is 0 Å². The van der Waals surface area contributed by atoms with E-state index in [-0.39, 0.29) is 11.6 Å². The first-order valence-electron chi connectivity index (χ1n) is 8.61. The predicted molar refractivity (Wildman–Crippen MR) is 100.0 cm³/mol. The number of pyridine rings is 2. The number of hydrogen-bond acceptors (Lipinski definition) is 5. The van der Waals surface area contributed by atoms with Crippen LogP contribution in [-0.2, 0) is 13.1 Å². The molecule has 0 aromatic carbocycles. The molecule has 0 saturated carbocycles. The summed E-state index contributed by atoms with van der Waals surface area (Å²) in [6.07, 6.45) is 9.21. The van der Waals surface area contributed by atoms with Gasteiger partial charge in [0.2, 0.25) is 5.89 Å². The lowest BCUT2D eigenvalue weighted by atomic mass is 10.0. The molecule has 3 aromatic heterocycles. The summed E-state index contributed by atoms with van der Waals surface area (Å²) in [6.45, 7) is 4.93. The van der Waals surface area contributed by atoms with Gasteiger partial charge in [0.1, 0.15) is 12.3 Å². The molecule has 1 atom stereocenters. The summed E-state index contributed by atoms with van der Waals surface area (Å²) >= 11 is 0. The highest BCUT2D eigenvalue weighted by Gasteiger charge is 2.22. The number of anilines is 1. The second-order valence-corrected chi connectivity index (χ2v) is 6.46. The van der Waals surface area contributed by atoms with Crippen LogP contribution in [0.1, 0.15) is 29.8 Å². The quantitative estimate of drug-likeness (QED) is 0.725. The van der Waals surface area contributed by atoms with E-state index >= 15 is 0 Å². The van der Waals surface area contributed by atoms with E-state index in [0.29, 0.717) is 24.5 Å². The van der Waals surface area contributed by atoms with Gasteiger partial charge in [0.05, 0.1) is 29.7 Å². The fourth-order valence-electron chi connectivity index (χ4n) is 3.19. The molecule has 0 spiro atoms. The van der Waals surface area contributed by atoms with Crippen LogP contribution in [0, 0.1) is 6.92 Å². The first kappa shape index (κ1) is 16.3. The Balaban J connectivity index is 1.68. The number of nitrogens with zero attached hydrogens (tertiary/aromatic N) is 4. The molecular formula is C20H20N4O2. The zero-order valence-corrected chi connectivity index (χ0v) is 14.8. The smallest absolute Gasteiger partial charge is 0.260 e. The number of rotatable bonds is 4. The Hall–Kier alpha value is -3.15. The maximum absolute atomic E-state index is 12.9. The minimum absolute atomic E-state index is 0.0486. The van der Waals surface area contributed by atoms with Crippen molar-refractivity contribution >= 4 is 11.8 Å². The van der Waals surface area contributed by atoms with Crippen molar-refractivity contribution in [3.05, 3.63) is 82.2 Å². The molecule has 0 aliphatic carbocycles. The zero-order valence-electron chi connectivity index (χ0n) is 14.8. The summed E-state index contributed by atoms with van der Waals surface area (Å²) in [5, 5.41) is 0. The SMILES string of the molecule is Cc1cnc(Cn2ccc3c(c2=O)C=CC(C)N3Cc2ccccn2)o1. The molecule has 0 amide bonds. The monoisotopic (exact) mass is 348 g/mol. The number of oxazole rings is 1. The molecular weight excluding hydrogens is 328 g/mol. The summed E-state index contributed by atoms with van der Waals surface area (Å²) in [5.74, 6) is 1.27. The minimum atomic E-state index is -0.0486. The Morgan fingerprint density at radius 3 is 2.81 bits per heavy atom. The molecule has 4 rings (SSSR count). The van der Waals surface area contributed by atoms with Crippen LogP contribution in [0.3, 0.4) is 0 Å². The van der Waals surface area contributed by atoms with Crippen molar-refractivity contribution in [3.63, 3.8) is 0 Å². The van der Waals surface area contributed by atoms with Crippen molar-refractivity contribution in [2.75, 3.05) is 4.90 Å². The highest BCUT2D eigenvalue weighted by molar-refractivity contribution is 5.71. The summed E-state index contributed by atoms with van der Waals surface area (Å²) in [4.78, 5) is 23.7. The molecule has 0 saturated heterocycles. The van der Waals surface area contributed by atoms with E-state index in [0.717, 1.165) is 17.1 Å². The molecule has 0 bridgehead atoms. The van der Waals surface area contributed by atoms with Crippen molar-refractivity contribution in [2.45, 2.75) is 33.0 Å². The van der Waals surface area contributed by atoms with E-state index < -0.39 is 0 Å². The van der Waals surface area contributed by atoms with Crippen LogP contribution < -0.4 is 10.5 Å². The summed E-state index contributed by atoms with van der Waals surface area (Å²) < 4.78 is 7.12. The lowest BCUT2D eigenvalue weighted by molar-refractivity contribution is 0.454. The Bertz CT molecular complexity index is 1000. The third-order valence-corrected chi connectivity index (χ3v) is 4.56. The van der Waals surface area contributed by atoms with Crippen molar-refractivity contribution in [1.82, 2.24) is 14.5 Å². The summed E-state index contributed by atoms with van der Waals surface area (Å²) in [7, 11) is 0. The predicted octanol–water partition coefficient (Wildman–Crippen LogP) is 3.01. The number of fused-ring (bicyclic) bond motifs is 1. The molecule has 4 heterocycles. The third kappa shape index (κ3) is 3.06. The second-order valence-electron chi connectivity index (χ2n) is 6.46. The average molecular weight is 348 g/mol. The largest absolute Gasteiger partial charge is 0.444 e. The fourth-order valence-corrected chi connectivity index (χ4v) is 3.19. The topological polar surface area (TPSA) is 64.2 Å². The van der Waals surface area contributed by atoms with Gasteiger partial charge in [0, 0.05) is 18.4 Å². The lowest BCUT2D eigenvalue weighted by Crippen LogP contribution is -2.37. The van der Waals surface area contributed by atoms with E-state index in [1.165, 1.54) is 0 Å².